The predicted molar refractivity (Wildman–Crippen MR) is 104 cm³/mol. The molecule has 142 valence electrons. The van der Waals surface area contributed by atoms with Gasteiger partial charge in [-0.25, -0.2) is 4.39 Å². The third-order valence-corrected chi connectivity index (χ3v) is 4.49. The first-order valence-electron chi connectivity index (χ1n) is 8.30. The molecule has 0 fully saturated rings. The summed E-state index contributed by atoms with van der Waals surface area (Å²) in [6, 6.07) is 12.9. The van der Waals surface area contributed by atoms with E-state index in [1.165, 1.54) is 18.2 Å². The van der Waals surface area contributed by atoms with E-state index in [2.05, 4.69) is 16.2 Å². The van der Waals surface area contributed by atoms with Crippen LogP contribution in [0.2, 0.25) is 0 Å². The third kappa shape index (κ3) is 6.74. The Labute approximate surface area is 160 Å². The lowest BCUT2D eigenvalue weighted by Gasteiger charge is -2.08. The van der Waals surface area contributed by atoms with E-state index >= 15 is 0 Å². The van der Waals surface area contributed by atoms with Crippen molar-refractivity contribution in [2.45, 2.75) is 13.3 Å². The van der Waals surface area contributed by atoms with Gasteiger partial charge in [0.1, 0.15) is 5.82 Å². The number of nitrogens with one attached hydrogen (secondary N) is 3. The van der Waals surface area contributed by atoms with Crippen LogP contribution in [-0.4, -0.2) is 29.2 Å². The second kappa shape index (κ2) is 10.3. The number of halogens is 1. The number of hydrogen-bond acceptors (Lipinski definition) is 4. The van der Waals surface area contributed by atoms with Crippen molar-refractivity contribution in [1.82, 2.24) is 10.9 Å². The van der Waals surface area contributed by atoms with Gasteiger partial charge in [0.15, 0.2) is 0 Å². The summed E-state index contributed by atoms with van der Waals surface area (Å²) in [4.78, 5) is 35.4. The van der Waals surface area contributed by atoms with Gasteiger partial charge in [-0.3, -0.25) is 25.2 Å². The Bertz CT molecular complexity index is 812. The first kappa shape index (κ1) is 20.4. The molecule has 0 atom stereocenters. The zero-order chi connectivity index (χ0) is 19.6. The number of anilines is 1. The molecule has 0 aliphatic heterocycles. The van der Waals surface area contributed by atoms with E-state index in [-0.39, 0.29) is 17.2 Å². The molecule has 2 aromatic carbocycles. The fraction of sp³-hybridized carbons (Fsp3) is 0.211. The molecule has 2 rings (SSSR count). The van der Waals surface area contributed by atoms with Gasteiger partial charge < -0.3 is 5.32 Å². The lowest BCUT2D eigenvalue weighted by molar-refractivity contribution is -0.119. The third-order valence-electron chi connectivity index (χ3n) is 3.55. The van der Waals surface area contributed by atoms with Crippen LogP contribution >= 0.6 is 11.8 Å². The Balaban J connectivity index is 1.67. The molecule has 2 aromatic rings. The van der Waals surface area contributed by atoms with Crippen molar-refractivity contribution in [3.8, 4) is 0 Å². The summed E-state index contributed by atoms with van der Waals surface area (Å²) in [5, 5.41) is 2.43. The Hall–Kier alpha value is -2.87. The number of hydrazine groups is 1. The summed E-state index contributed by atoms with van der Waals surface area (Å²) in [5.41, 5.74) is 6.25. The number of benzene rings is 2. The van der Waals surface area contributed by atoms with Crippen LogP contribution in [0, 0.1) is 5.82 Å². The molecule has 27 heavy (non-hydrogen) atoms. The highest BCUT2D eigenvalue weighted by Gasteiger charge is 2.10. The number of para-hydroxylation sites is 1. The minimum Gasteiger partial charge on any atom is -0.323 e. The van der Waals surface area contributed by atoms with E-state index in [0.717, 1.165) is 23.7 Å². The molecular weight excluding hydrogens is 369 g/mol. The van der Waals surface area contributed by atoms with E-state index in [1.807, 2.05) is 19.1 Å². The van der Waals surface area contributed by atoms with Crippen molar-refractivity contribution in [3.63, 3.8) is 0 Å². The maximum atomic E-state index is 13.4. The van der Waals surface area contributed by atoms with Crippen LogP contribution in [-0.2, 0) is 16.0 Å². The van der Waals surface area contributed by atoms with Gasteiger partial charge in [-0.05, 0) is 36.2 Å². The molecule has 0 radical (unpaired) electrons. The van der Waals surface area contributed by atoms with Crippen LogP contribution in [0.4, 0.5) is 10.1 Å². The zero-order valence-electron chi connectivity index (χ0n) is 14.8. The van der Waals surface area contributed by atoms with Crippen molar-refractivity contribution in [2.75, 3.05) is 16.8 Å². The number of hydrogen-bond donors (Lipinski definition) is 3. The van der Waals surface area contributed by atoms with Gasteiger partial charge in [-0.2, -0.15) is 0 Å². The second-order valence-electron chi connectivity index (χ2n) is 5.57. The van der Waals surface area contributed by atoms with Crippen LogP contribution in [0.25, 0.3) is 0 Å². The molecule has 0 bridgehead atoms. The monoisotopic (exact) mass is 389 g/mol. The van der Waals surface area contributed by atoms with Crippen LogP contribution in [0.1, 0.15) is 22.8 Å². The molecular formula is C19H20FN3O3S. The molecule has 0 saturated heterocycles. The average Bonchev–Trinajstić information content (AvgIpc) is 2.68. The fourth-order valence-corrected chi connectivity index (χ4v) is 2.73. The number of thioether (sulfide) groups is 1. The van der Waals surface area contributed by atoms with Gasteiger partial charge in [0.25, 0.3) is 5.91 Å². The van der Waals surface area contributed by atoms with Crippen LogP contribution in [0.3, 0.4) is 0 Å². The van der Waals surface area contributed by atoms with E-state index in [9.17, 15) is 18.8 Å². The molecule has 0 aliphatic carbocycles. The van der Waals surface area contributed by atoms with E-state index in [4.69, 9.17) is 0 Å². The molecule has 0 saturated carbocycles. The topological polar surface area (TPSA) is 87.3 Å². The molecule has 0 aromatic heterocycles. The Morgan fingerprint density at radius 2 is 1.59 bits per heavy atom. The standard InChI is InChI=1S/C19H20FN3O3S/c1-2-13-7-9-14(10-8-13)19(26)23-22-18(25)12-27-11-17(24)21-16-6-4-3-5-15(16)20/h3-10H,2,11-12H2,1H3,(H,21,24)(H,22,25)(H,23,26). The summed E-state index contributed by atoms with van der Waals surface area (Å²) in [5.74, 6) is -1.86. The predicted octanol–water partition coefficient (Wildman–Crippen LogP) is 2.52. The lowest BCUT2D eigenvalue weighted by atomic mass is 10.1. The number of rotatable bonds is 7. The van der Waals surface area contributed by atoms with Gasteiger partial charge in [0, 0.05) is 5.56 Å². The van der Waals surface area contributed by atoms with Crippen molar-refractivity contribution in [1.29, 1.82) is 0 Å². The number of amides is 3. The van der Waals surface area contributed by atoms with Crippen molar-refractivity contribution in [2.24, 2.45) is 0 Å². The molecule has 6 nitrogen and oxygen atoms in total. The summed E-state index contributed by atoms with van der Waals surface area (Å²) in [6.07, 6.45) is 0.875. The van der Waals surface area contributed by atoms with Gasteiger partial charge >= 0.3 is 0 Å². The van der Waals surface area contributed by atoms with E-state index in [0.29, 0.717) is 5.56 Å². The molecule has 8 heteroatoms. The minimum atomic E-state index is -0.525. The van der Waals surface area contributed by atoms with Crippen molar-refractivity contribution in [3.05, 3.63) is 65.5 Å². The maximum Gasteiger partial charge on any atom is 0.269 e. The van der Waals surface area contributed by atoms with Crippen LogP contribution < -0.4 is 16.2 Å². The fourth-order valence-electron chi connectivity index (χ4n) is 2.11. The minimum absolute atomic E-state index is 0.0197. The number of carbonyl (C=O) groups excluding carboxylic acids is 3. The molecule has 0 unspecified atom stereocenters. The highest BCUT2D eigenvalue weighted by atomic mass is 32.2. The first-order valence-corrected chi connectivity index (χ1v) is 9.45. The Morgan fingerprint density at radius 1 is 0.926 bits per heavy atom. The maximum absolute atomic E-state index is 13.4. The number of aryl methyl sites for hydroxylation is 1. The van der Waals surface area contributed by atoms with Gasteiger partial charge in [-0.1, -0.05) is 31.2 Å². The van der Waals surface area contributed by atoms with Crippen molar-refractivity contribution < 1.29 is 18.8 Å². The molecule has 3 N–H and O–H groups in total. The van der Waals surface area contributed by atoms with E-state index < -0.39 is 23.5 Å². The lowest BCUT2D eigenvalue weighted by Crippen LogP contribution is -2.42. The van der Waals surface area contributed by atoms with Gasteiger partial charge in [-0.15, -0.1) is 11.8 Å². The van der Waals surface area contributed by atoms with Gasteiger partial charge in [0.2, 0.25) is 11.8 Å². The largest absolute Gasteiger partial charge is 0.323 e. The normalized spacial score (nSPS) is 10.1. The highest BCUT2D eigenvalue weighted by Crippen LogP contribution is 2.13. The van der Waals surface area contributed by atoms with Crippen molar-refractivity contribution >= 4 is 35.2 Å². The Kier molecular flexibility index (Phi) is 7.81. The first-order chi connectivity index (χ1) is 13.0. The van der Waals surface area contributed by atoms with Gasteiger partial charge in [0.05, 0.1) is 17.2 Å². The molecule has 0 spiro atoms. The smallest absolute Gasteiger partial charge is 0.269 e. The Morgan fingerprint density at radius 3 is 2.26 bits per heavy atom. The van der Waals surface area contributed by atoms with Crippen LogP contribution in [0.5, 0.6) is 0 Å². The SMILES string of the molecule is CCc1ccc(C(=O)NNC(=O)CSCC(=O)Nc2ccccc2F)cc1. The second-order valence-corrected chi connectivity index (χ2v) is 6.56. The quantitative estimate of drug-likeness (QED) is 0.635. The summed E-state index contributed by atoms with van der Waals surface area (Å²) in [6.45, 7) is 2.02. The average molecular weight is 389 g/mol. The summed E-state index contributed by atoms with van der Waals surface area (Å²) >= 11 is 1.05. The molecule has 3 amide bonds. The van der Waals surface area contributed by atoms with E-state index in [1.54, 1.807) is 18.2 Å². The molecule has 0 heterocycles. The highest BCUT2D eigenvalue weighted by molar-refractivity contribution is 8.00. The number of carbonyl (C=O) groups is 3. The summed E-state index contributed by atoms with van der Waals surface area (Å²) < 4.78 is 13.4. The summed E-state index contributed by atoms with van der Waals surface area (Å²) in [7, 11) is 0. The van der Waals surface area contributed by atoms with Crippen LogP contribution in [0.15, 0.2) is 48.5 Å². The molecule has 0 aliphatic rings. The zero-order valence-corrected chi connectivity index (χ0v) is 15.6.